The van der Waals surface area contributed by atoms with E-state index in [0.717, 1.165) is 13.0 Å². The van der Waals surface area contributed by atoms with Crippen molar-refractivity contribution in [1.82, 2.24) is 10.2 Å². The molecular formula is C16H20N4O3. The van der Waals surface area contributed by atoms with Crippen LogP contribution < -0.4 is 15.4 Å². The summed E-state index contributed by atoms with van der Waals surface area (Å²) in [4.78, 5) is 12.2. The van der Waals surface area contributed by atoms with E-state index in [1.165, 1.54) is 0 Å². The molecule has 122 valence electrons. The molecule has 2 N–H and O–H groups in total. The van der Waals surface area contributed by atoms with E-state index in [1.54, 1.807) is 38.5 Å². The Bertz CT molecular complexity index is 631. The number of carbonyl (C=O) groups excluding carboxylic acids is 1. The van der Waals surface area contributed by atoms with Crippen LogP contribution in [0.25, 0.3) is 0 Å². The van der Waals surface area contributed by atoms with Crippen LogP contribution in [-0.2, 0) is 4.74 Å². The van der Waals surface area contributed by atoms with Crippen LogP contribution in [0.3, 0.4) is 0 Å². The average molecular weight is 316 g/mol. The molecule has 0 fully saturated rings. The lowest BCUT2D eigenvalue weighted by atomic mass is 10.2. The first-order valence-electron chi connectivity index (χ1n) is 7.25. The number of methoxy groups -OCH3 is 2. The minimum absolute atomic E-state index is 0.235. The summed E-state index contributed by atoms with van der Waals surface area (Å²) in [7, 11) is 3.21. The van der Waals surface area contributed by atoms with Crippen LogP contribution in [0.1, 0.15) is 16.9 Å². The van der Waals surface area contributed by atoms with E-state index in [0.29, 0.717) is 23.9 Å². The van der Waals surface area contributed by atoms with Crippen molar-refractivity contribution in [1.29, 1.82) is 0 Å². The Hall–Kier alpha value is -2.67. The van der Waals surface area contributed by atoms with E-state index in [-0.39, 0.29) is 11.6 Å². The van der Waals surface area contributed by atoms with E-state index >= 15 is 0 Å². The molecule has 1 amide bonds. The fourth-order valence-corrected chi connectivity index (χ4v) is 1.91. The summed E-state index contributed by atoms with van der Waals surface area (Å²) < 4.78 is 10.2. The average Bonchev–Trinajstić information content (AvgIpc) is 2.59. The quantitative estimate of drug-likeness (QED) is 0.726. The molecule has 7 nitrogen and oxygen atoms in total. The van der Waals surface area contributed by atoms with Gasteiger partial charge in [0, 0.05) is 20.3 Å². The van der Waals surface area contributed by atoms with E-state index in [4.69, 9.17) is 9.47 Å². The Kier molecular flexibility index (Phi) is 6.31. The highest BCUT2D eigenvalue weighted by Gasteiger charge is 2.11. The van der Waals surface area contributed by atoms with Crippen molar-refractivity contribution in [2.75, 3.05) is 38.0 Å². The molecule has 23 heavy (non-hydrogen) atoms. The Balaban J connectivity index is 1.94. The first kappa shape index (κ1) is 16.7. The predicted molar refractivity (Wildman–Crippen MR) is 88.0 cm³/mol. The lowest BCUT2D eigenvalue weighted by Gasteiger charge is -2.09. The number of para-hydroxylation sites is 2. The van der Waals surface area contributed by atoms with Crippen LogP contribution in [-0.4, -0.2) is 43.5 Å². The second-order valence-corrected chi connectivity index (χ2v) is 4.73. The standard InChI is InChI=1S/C16H20N4O3/c1-22-11-5-10-17-15-9-8-13(19-20-15)16(21)18-12-6-3-4-7-14(12)23-2/h3-4,6-9H,5,10-11H2,1-2H3,(H,17,20)(H,18,21). The van der Waals surface area contributed by atoms with Gasteiger partial charge in [0.15, 0.2) is 5.69 Å². The van der Waals surface area contributed by atoms with Gasteiger partial charge in [0.25, 0.3) is 5.91 Å². The molecule has 0 spiro atoms. The molecule has 0 saturated carbocycles. The zero-order valence-electron chi connectivity index (χ0n) is 13.2. The molecule has 0 aliphatic heterocycles. The fraction of sp³-hybridized carbons (Fsp3) is 0.312. The third kappa shape index (κ3) is 4.93. The lowest BCUT2D eigenvalue weighted by molar-refractivity contribution is 0.102. The van der Waals surface area contributed by atoms with Crippen molar-refractivity contribution in [3.63, 3.8) is 0 Å². The van der Waals surface area contributed by atoms with E-state index in [1.807, 2.05) is 12.1 Å². The van der Waals surface area contributed by atoms with Gasteiger partial charge in [0.05, 0.1) is 12.8 Å². The summed E-state index contributed by atoms with van der Waals surface area (Å²) >= 11 is 0. The normalized spacial score (nSPS) is 10.2. The smallest absolute Gasteiger partial charge is 0.276 e. The number of amides is 1. The third-order valence-corrected chi connectivity index (χ3v) is 3.08. The number of nitrogens with one attached hydrogen (secondary N) is 2. The number of rotatable bonds is 8. The lowest BCUT2D eigenvalue weighted by Crippen LogP contribution is -2.15. The minimum atomic E-state index is -0.340. The zero-order chi connectivity index (χ0) is 16.5. The van der Waals surface area contributed by atoms with Crippen molar-refractivity contribution in [2.24, 2.45) is 0 Å². The Morgan fingerprint density at radius 1 is 1.13 bits per heavy atom. The molecule has 1 aromatic heterocycles. The Labute approximate surface area is 135 Å². The van der Waals surface area contributed by atoms with Crippen LogP contribution in [0.4, 0.5) is 11.5 Å². The molecule has 0 atom stereocenters. The van der Waals surface area contributed by atoms with Gasteiger partial charge >= 0.3 is 0 Å². The topological polar surface area (TPSA) is 85.4 Å². The summed E-state index contributed by atoms with van der Waals surface area (Å²) in [6.07, 6.45) is 0.869. The molecule has 2 rings (SSSR count). The van der Waals surface area contributed by atoms with Gasteiger partial charge in [0.2, 0.25) is 0 Å². The summed E-state index contributed by atoms with van der Waals surface area (Å²) in [5.41, 5.74) is 0.821. The van der Waals surface area contributed by atoms with Crippen LogP contribution in [0.5, 0.6) is 5.75 Å². The number of anilines is 2. The monoisotopic (exact) mass is 316 g/mol. The highest BCUT2D eigenvalue weighted by atomic mass is 16.5. The molecule has 2 aromatic rings. The van der Waals surface area contributed by atoms with E-state index < -0.39 is 0 Å². The van der Waals surface area contributed by atoms with Gasteiger partial charge in [-0.25, -0.2) is 0 Å². The fourth-order valence-electron chi connectivity index (χ4n) is 1.91. The first-order valence-corrected chi connectivity index (χ1v) is 7.25. The number of nitrogens with zero attached hydrogens (tertiary/aromatic N) is 2. The molecule has 1 aromatic carbocycles. The highest BCUT2D eigenvalue weighted by molar-refractivity contribution is 6.03. The second-order valence-electron chi connectivity index (χ2n) is 4.73. The maximum absolute atomic E-state index is 12.2. The van der Waals surface area contributed by atoms with Gasteiger partial charge in [-0.15, -0.1) is 10.2 Å². The first-order chi connectivity index (χ1) is 11.2. The van der Waals surface area contributed by atoms with Crippen molar-refractivity contribution >= 4 is 17.4 Å². The van der Waals surface area contributed by atoms with Crippen molar-refractivity contribution < 1.29 is 14.3 Å². The molecule has 7 heteroatoms. The summed E-state index contributed by atoms with van der Waals surface area (Å²) in [6.45, 7) is 1.41. The third-order valence-electron chi connectivity index (χ3n) is 3.08. The highest BCUT2D eigenvalue weighted by Crippen LogP contribution is 2.23. The predicted octanol–water partition coefficient (Wildman–Crippen LogP) is 2.19. The van der Waals surface area contributed by atoms with Gasteiger partial charge in [0.1, 0.15) is 11.6 Å². The van der Waals surface area contributed by atoms with Gasteiger partial charge in [-0.2, -0.15) is 0 Å². The number of ether oxygens (including phenoxy) is 2. The molecule has 0 saturated heterocycles. The number of hydrogen-bond acceptors (Lipinski definition) is 6. The zero-order valence-corrected chi connectivity index (χ0v) is 13.2. The Morgan fingerprint density at radius 2 is 1.96 bits per heavy atom. The number of aromatic nitrogens is 2. The molecule has 0 bridgehead atoms. The van der Waals surface area contributed by atoms with Gasteiger partial charge in [-0.05, 0) is 30.7 Å². The van der Waals surface area contributed by atoms with Crippen LogP contribution >= 0.6 is 0 Å². The van der Waals surface area contributed by atoms with Crippen molar-refractivity contribution in [3.8, 4) is 5.75 Å². The van der Waals surface area contributed by atoms with Gasteiger partial charge in [-0.3, -0.25) is 4.79 Å². The number of benzene rings is 1. The molecular weight excluding hydrogens is 296 g/mol. The SMILES string of the molecule is COCCCNc1ccc(C(=O)Nc2ccccc2OC)nn1. The van der Waals surface area contributed by atoms with E-state index in [9.17, 15) is 4.79 Å². The molecule has 0 radical (unpaired) electrons. The Morgan fingerprint density at radius 3 is 2.65 bits per heavy atom. The van der Waals surface area contributed by atoms with Gasteiger partial charge < -0.3 is 20.1 Å². The summed E-state index contributed by atoms with van der Waals surface area (Å²) in [5, 5.41) is 13.8. The number of carbonyl (C=O) groups is 1. The maximum atomic E-state index is 12.2. The van der Waals surface area contributed by atoms with Crippen LogP contribution in [0.2, 0.25) is 0 Å². The summed E-state index contributed by atoms with van der Waals surface area (Å²) in [5.74, 6) is 0.869. The van der Waals surface area contributed by atoms with E-state index in [2.05, 4.69) is 20.8 Å². The van der Waals surface area contributed by atoms with Crippen molar-refractivity contribution in [3.05, 3.63) is 42.1 Å². The number of hydrogen-bond donors (Lipinski definition) is 2. The van der Waals surface area contributed by atoms with Crippen molar-refractivity contribution in [2.45, 2.75) is 6.42 Å². The summed E-state index contributed by atoms with van der Waals surface area (Å²) in [6, 6.07) is 10.5. The largest absolute Gasteiger partial charge is 0.495 e. The molecule has 0 unspecified atom stereocenters. The molecule has 0 aliphatic carbocycles. The van der Waals surface area contributed by atoms with Gasteiger partial charge in [-0.1, -0.05) is 12.1 Å². The van der Waals surface area contributed by atoms with Crippen LogP contribution in [0, 0.1) is 0 Å². The maximum Gasteiger partial charge on any atom is 0.276 e. The van der Waals surface area contributed by atoms with Crippen LogP contribution in [0.15, 0.2) is 36.4 Å². The second kappa shape index (κ2) is 8.70. The molecule has 1 heterocycles. The molecule has 0 aliphatic rings. The minimum Gasteiger partial charge on any atom is -0.495 e.